The number of carbonyl (C=O) groups excluding carboxylic acids is 1. The standard InChI is InChI=1S/C11H14Cl2N2O/c1-7(6-14)4-11(16)15-10-3-2-8(12)5-9(10)13/h2-3,5,7H,4,6,14H2,1H3,(H,15,16). The number of hydrogen-bond donors (Lipinski definition) is 2. The van der Waals surface area contributed by atoms with Gasteiger partial charge in [0.15, 0.2) is 0 Å². The van der Waals surface area contributed by atoms with Gasteiger partial charge in [0.05, 0.1) is 10.7 Å². The number of nitrogens with one attached hydrogen (secondary N) is 1. The minimum absolute atomic E-state index is 0.0952. The zero-order chi connectivity index (χ0) is 12.1. The summed E-state index contributed by atoms with van der Waals surface area (Å²) in [5.74, 6) is 0.0632. The summed E-state index contributed by atoms with van der Waals surface area (Å²) in [6, 6.07) is 4.94. The van der Waals surface area contributed by atoms with Gasteiger partial charge in [-0.25, -0.2) is 0 Å². The van der Waals surface area contributed by atoms with Crippen LogP contribution in [0.1, 0.15) is 13.3 Å². The van der Waals surface area contributed by atoms with Gasteiger partial charge in [0, 0.05) is 11.4 Å². The molecule has 1 aromatic rings. The second kappa shape index (κ2) is 6.09. The summed E-state index contributed by atoms with van der Waals surface area (Å²) in [6.45, 7) is 2.41. The van der Waals surface area contributed by atoms with Gasteiger partial charge in [-0.3, -0.25) is 4.79 Å². The van der Waals surface area contributed by atoms with Crippen molar-refractivity contribution in [3.05, 3.63) is 28.2 Å². The minimum atomic E-state index is -0.0952. The molecule has 88 valence electrons. The van der Waals surface area contributed by atoms with Gasteiger partial charge in [-0.1, -0.05) is 30.1 Å². The maximum atomic E-state index is 11.6. The van der Waals surface area contributed by atoms with E-state index in [0.717, 1.165) is 0 Å². The Morgan fingerprint density at radius 3 is 2.75 bits per heavy atom. The van der Waals surface area contributed by atoms with Crippen LogP contribution < -0.4 is 11.1 Å². The van der Waals surface area contributed by atoms with Gasteiger partial charge in [-0.2, -0.15) is 0 Å². The lowest BCUT2D eigenvalue weighted by atomic mass is 10.1. The van der Waals surface area contributed by atoms with Crippen LogP contribution in [0, 0.1) is 5.92 Å². The number of amides is 1. The number of carbonyl (C=O) groups is 1. The van der Waals surface area contributed by atoms with Gasteiger partial charge < -0.3 is 11.1 Å². The number of benzene rings is 1. The van der Waals surface area contributed by atoms with Gasteiger partial charge >= 0.3 is 0 Å². The third kappa shape index (κ3) is 4.00. The van der Waals surface area contributed by atoms with Crippen LogP contribution in [0.2, 0.25) is 10.0 Å². The highest BCUT2D eigenvalue weighted by atomic mass is 35.5. The lowest BCUT2D eigenvalue weighted by Gasteiger charge is -2.10. The first-order valence-electron chi connectivity index (χ1n) is 4.98. The van der Waals surface area contributed by atoms with Crippen molar-refractivity contribution in [3.8, 4) is 0 Å². The van der Waals surface area contributed by atoms with Crippen molar-refractivity contribution >= 4 is 34.8 Å². The highest BCUT2D eigenvalue weighted by molar-refractivity contribution is 6.36. The summed E-state index contributed by atoms with van der Waals surface area (Å²) in [7, 11) is 0. The molecular weight excluding hydrogens is 247 g/mol. The van der Waals surface area contributed by atoms with Crippen molar-refractivity contribution in [2.45, 2.75) is 13.3 Å². The topological polar surface area (TPSA) is 55.1 Å². The fraction of sp³-hybridized carbons (Fsp3) is 0.364. The van der Waals surface area contributed by atoms with Crippen LogP contribution in [-0.4, -0.2) is 12.5 Å². The van der Waals surface area contributed by atoms with E-state index in [-0.39, 0.29) is 11.8 Å². The molecule has 0 fully saturated rings. The predicted octanol–water partition coefficient (Wildman–Crippen LogP) is 2.92. The molecule has 3 nitrogen and oxygen atoms in total. The number of halogens is 2. The van der Waals surface area contributed by atoms with Crippen molar-refractivity contribution in [1.29, 1.82) is 0 Å². The number of anilines is 1. The number of nitrogens with two attached hydrogens (primary N) is 1. The summed E-state index contributed by atoms with van der Waals surface area (Å²) >= 11 is 11.7. The number of hydrogen-bond acceptors (Lipinski definition) is 2. The molecule has 0 aliphatic heterocycles. The van der Waals surface area contributed by atoms with Crippen molar-refractivity contribution in [2.24, 2.45) is 11.7 Å². The molecular formula is C11H14Cl2N2O. The van der Waals surface area contributed by atoms with Gasteiger partial charge in [-0.05, 0) is 30.7 Å². The van der Waals surface area contributed by atoms with Gasteiger partial charge in [-0.15, -0.1) is 0 Å². The Balaban J connectivity index is 2.63. The van der Waals surface area contributed by atoms with Crippen molar-refractivity contribution in [3.63, 3.8) is 0 Å². The molecule has 0 heterocycles. The predicted molar refractivity (Wildman–Crippen MR) is 67.9 cm³/mol. The molecule has 0 bridgehead atoms. The summed E-state index contributed by atoms with van der Waals surface area (Å²) < 4.78 is 0. The van der Waals surface area contributed by atoms with Gasteiger partial charge in [0.1, 0.15) is 0 Å². The third-order valence-electron chi connectivity index (χ3n) is 2.14. The van der Waals surface area contributed by atoms with E-state index in [1.165, 1.54) is 0 Å². The Morgan fingerprint density at radius 1 is 1.50 bits per heavy atom. The molecule has 1 amide bonds. The summed E-state index contributed by atoms with van der Waals surface area (Å²) in [5, 5.41) is 3.69. The summed E-state index contributed by atoms with van der Waals surface area (Å²) in [4.78, 5) is 11.6. The minimum Gasteiger partial charge on any atom is -0.330 e. The molecule has 0 aliphatic rings. The third-order valence-corrected chi connectivity index (χ3v) is 2.69. The van der Waals surface area contributed by atoms with Crippen LogP contribution >= 0.6 is 23.2 Å². The van der Waals surface area contributed by atoms with Crippen molar-refractivity contribution in [1.82, 2.24) is 0 Å². The Morgan fingerprint density at radius 2 is 2.19 bits per heavy atom. The molecule has 5 heteroatoms. The Labute approximate surface area is 105 Å². The molecule has 1 unspecified atom stereocenters. The van der Waals surface area contributed by atoms with E-state index >= 15 is 0 Å². The lowest BCUT2D eigenvalue weighted by Crippen LogP contribution is -2.20. The summed E-state index contributed by atoms with van der Waals surface area (Å²) in [6.07, 6.45) is 0.384. The highest BCUT2D eigenvalue weighted by Gasteiger charge is 2.09. The van der Waals surface area contributed by atoms with E-state index in [0.29, 0.717) is 28.7 Å². The van der Waals surface area contributed by atoms with Crippen LogP contribution in [0.25, 0.3) is 0 Å². The van der Waals surface area contributed by atoms with Crippen LogP contribution in [0.5, 0.6) is 0 Å². The normalized spacial score (nSPS) is 12.2. The van der Waals surface area contributed by atoms with Crippen LogP contribution in [0.3, 0.4) is 0 Å². The monoisotopic (exact) mass is 260 g/mol. The molecule has 0 aromatic heterocycles. The quantitative estimate of drug-likeness (QED) is 0.875. The van der Waals surface area contributed by atoms with E-state index in [2.05, 4.69) is 5.32 Å². The first-order valence-corrected chi connectivity index (χ1v) is 5.73. The average Bonchev–Trinajstić information content (AvgIpc) is 2.22. The zero-order valence-electron chi connectivity index (χ0n) is 8.97. The lowest BCUT2D eigenvalue weighted by molar-refractivity contribution is -0.116. The molecule has 0 aliphatic carbocycles. The Kier molecular flexibility index (Phi) is 5.06. The van der Waals surface area contributed by atoms with E-state index < -0.39 is 0 Å². The molecule has 0 spiro atoms. The zero-order valence-corrected chi connectivity index (χ0v) is 10.5. The van der Waals surface area contributed by atoms with Crippen molar-refractivity contribution < 1.29 is 4.79 Å². The molecule has 0 saturated carbocycles. The number of rotatable bonds is 4. The largest absolute Gasteiger partial charge is 0.330 e. The second-order valence-electron chi connectivity index (χ2n) is 3.72. The van der Waals surface area contributed by atoms with Crippen LogP contribution in [0.4, 0.5) is 5.69 Å². The Hall–Kier alpha value is -0.770. The van der Waals surface area contributed by atoms with Crippen LogP contribution in [-0.2, 0) is 4.79 Å². The second-order valence-corrected chi connectivity index (χ2v) is 4.56. The van der Waals surface area contributed by atoms with Crippen molar-refractivity contribution in [2.75, 3.05) is 11.9 Å². The molecule has 1 atom stereocenters. The maximum absolute atomic E-state index is 11.6. The molecule has 1 aromatic carbocycles. The van der Waals surface area contributed by atoms with Crippen LogP contribution in [0.15, 0.2) is 18.2 Å². The molecule has 0 saturated heterocycles. The molecule has 3 N–H and O–H groups in total. The van der Waals surface area contributed by atoms with Gasteiger partial charge in [0.2, 0.25) is 5.91 Å². The smallest absolute Gasteiger partial charge is 0.224 e. The SMILES string of the molecule is CC(CN)CC(=O)Nc1ccc(Cl)cc1Cl. The maximum Gasteiger partial charge on any atom is 0.224 e. The van der Waals surface area contributed by atoms with E-state index in [1.54, 1.807) is 18.2 Å². The van der Waals surface area contributed by atoms with E-state index in [4.69, 9.17) is 28.9 Å². The molecule has 0 radical (unpaired) electrons. The fourth-order valence-corrected chi connectivity index (χ4v) is 1.65. The fourth-order valence-electron chi connectivity index (χ4n) is 1.19. The highest BCUT2D eigenvalue weighted by Crippen LogP contribution is 2.25. The van der Waals surface area contributed by atoms with E-state index in [1.807, 2.05) is 6.92 Å². The molecule has 1 rings (SSSR count). The van der Waals surface area contributed by atoms with E-state index in [9.17, 15) is 4.79 Å². The summed E-state index contributed by atoms with van der Waals surface area (Å²) in [5.41, 5.74) is 6.01. The first-order chi connectivity index (χ1) is 7.52. The first kappa shape index (κ1) is 13.3. The molecule has 16 heavy (non-hydrogen) atoms. The van der Waals surface area contributed by atoms with Gasteiger partial charge in [0.25, 0.3) is 0 Å². The Bertz CT molecular complexity index is 382. The average molecular weight is 261 g/mol.